The van der Waals surface area contributed by atoms with Crippen LogP contribution in [0.2, 0.25) is 0 Å². The van der Waals surface area contributed by atoms with Crippen molar-refractivity contribution in [2.24, 2.45) is 5.92 Å². The molecule has 1 aromatic carbocycles. The normalized spacial score (nSPS) is 21.6. The van der Waals surface area contributed by atoms with E-state index in [-0.39, 0.29) is 0 Å². The summed E-state index contributed by atoms with van der Waals surface area (Å²) in [5.41, 5.74) is 2.43. The van der Waals surface area contributed by atoms with Crippen LogP contribution < -0.4 is 5.32 Å². The number of hydrogen-bond donors (Lipinski definition) is 1. The molecule has 0 spiro atoms. The quantitative estimate of drug-likeness (QED) is 0.890. The summed E-state index contributed by atoms with van der Waals surface area (Å²) in [5.74, 6) is 1.93. The van der Waals surface area contributed by atoms with E-state index in [1.54, 1.807) is 0 Å². The lowest BCUT2D eigenvalue weighted by Crippen LogP contribution is -2.19. The van der Waals surface area contributed by atoms with Crippen molar-refractivity contribution in [2.75, 3.05) is 0 Å². The molecule has 0 radical (unpaired) electrons. The second-order valence-corrected chi connectivity index (χ2v) is 5.36. The monoisotopic (exact) mass is 255 g/mol. The number of nitrogens with zero attached hydrogens (tertiary/aromatic N) is 2. The molecule has 100 valence electrons. The minimum absolute atomic E-state index is 0.712. The van der Waals surface area contributed by atoms with E-state index < -0.39 is 0 Å². The average Bonchev–Trinajstić information content (AvgIpc) is 3.12. The first-order valence-electron chi connectivity index (χ1n) is 7.11. The van der Waals surface area contributed by atoms with Crippen LogP contribution in [0, 0.1) is 12.8 Å². The summed E-state index contributed by atoms with van der Waals surface area (Å²) in [7, 11) is 0. The maximum absolute atomic E-state index is 4.45. The Morgan fingerprint density at radius 3 is 2.79 bits per heavy atom. The van der Waals surface area contributed by atoms with E-state index in [9.17, 15) is 0 Å². The lowest BCUT2D eigenvalue weighted by Gasteiger charge is -2.11. The van der Waals surface area contributed by atoms with Gasteiger partial charge in [0, 0.05) is 18.3 Å². The summed E-state index contributed by atoms with van der Waals surface area (Å²) in [4.78, 5) is 4.45. The summed E-state index contributed by atoms with van der Waals surface area (Å²) in [5, 5.41) is 3.64. The number of aryl methyl sites for hydroxylation is 1. The number of nitrogens with one attached hydrogen (secondary N) is 1. The lowest BCUT2D eigenvalue weighted by atomic mass is 10.3. The Labute approximate surface area is 114 Å². The molecule has 0 aliphatic heterocycles. The molecule has 3 heteroatoms. The fourth-order valence-corrected chi connectivity index (χ4v) is 2.73. The molecule has 1 aliphatic carbocycles. The zero-order valence-electron chi connectivity index (χ0n) is 11.6. The summed E-state index contributed by atoms with van der Waals surface area (Å²) >= 11 is 0. The summed E-state index contributed by atoms with van der Waals surface area (Å²) in [6, 6.07) is 11.2. The first-order valence-corrected chi connectivity index (χ1v) is 7.11. The average molecular weight is 255 g/mol. The third-order valence-corrected chi connectivity index (χ3v) is 4.02. The van der Waals surface area contributed by atoms with E-state index in [1.165, 1.54) is 24.2 Å². The van der Waals surface area contributed by atoms with Crippen LogP contribution in [0.15, 0.2) is 36.5 Å². The molecule has 1 aliphatic rings. The van der Waals surface area contributed by atoms with Crippen molar-refractivity contribution in [3.05, 3.63) is 48.0 Å². The van der Waals surface area contributed by atoms with Gasteiger partial charge in [0.2, 0.25) is 0 Å². The van der Waals surface area contributed by atoms with Gasteiger partial charge >= 0.3 is 0 Å². The van der Waals surface area contributed by atoms with Gasteiger partial charge in [-0.05, 0) is 31.4 Å². The largest absolute Gasteiger partial charge is 0.308 e. The highest BCUT2D eigenvalue weighted by molar-refractivity contribution is 5.35. The topological polar surface area (TPSA) is 29.9 Å². The van der Waals surface area contributed by atoms with Crippen LogP contribution in [0.1, 0.15) is 31.3 Å². The summed E-state index contributed by atoms with van der Waals surface area (Å²) < 4.78 is 2.23. The van der Waals surface area contributed by atoms with Gasteiger partial charge in [0.25, 0.3) is 0 Å². The number of imidazole rings is 1. The Morgan fingerprint density at radius 2 is 2.11 bits per heavy atom. The second-order valence-electron chi connectivity index (χ2n) is 5.36. The molecule has 0 bridgehead atoms. The lowest BCUT2D eigenvalue weighted by molar-refractivity contribution is 0.609. The zero-order valence-corrected chi connectivity index (χ0v) is 11.6. The van der Waals surface area contributed by atoms with Crippen LogP contribution in [0.25, 0.3) is 5.69 Å². The van der Waals surface area contributed by atoms with Crippen molar-refractivity contribution in [2.45, 2.75) is 39.3 Å². The SMILES string of the molecule is CCC1CC1NCc1cnc(C)n1-c1ccccc1. The molecule has 2 unspecified atom stereocenters. The predicted octanol–water partition coefficient (Wildman–Crippen LogP) is 3.07. The number of hydrogen-bond acceptors (Lipinski definition) is 2. The standard InChI is InChI=1S/C16H21N3/c1-3-13-9-16(13)18-11-15-10-17-12(2)19(15)14-7-5-4-6-8-14/h4-8,10,13,16,18H,3,9,11H2,1-2H3. The van der Waals surface area contributed by atoms with Crippen molar-refractivity contribution in [3.8, 4) is 5.69 Å². The first kappa shape index (κ1) is 12.4. The van der Waals surface area contributed by atoms with Crippen molar-refractivity contribution in [3.63, 3.8) is 0 Å². The second kappa shape index (κ2) is 5.17. The Morgan fingerprint density at radius 1 is 1.32 bits per heavy atom. The molecule has 1 aromatic heterocycles. The van der Waals surface area contributed by atoms with Crippen molar-refractivity contribution >= 4 is 0 Å². The molecule has 0 saturated heterocycles. The number of aromatic nitrogens is 2. The molecule has 3 rings (SSSR count). The van der Waals surface area contributed by atoms with Gasteiger partial charge in [-0.1, -0.05) is 31.5 Å². The van der Waals surface area contributed by atoms with Crippen LogP contribution >= 0.6 is 0 Å². The number of benzene rings is 1. The Hall–Kier alpha value is -1.61. The van der Waals surface area contributed by atoms with Crippen LogP contribution in [0.4, 0.5) is 0 Å². The predicted molar refractivity (Wildman–Crippen MR) is 77.3 cm³/mol. The van der Waals surface area contributed by atoms with Gasteiger partial charge in [-0.2, -0.15) is 0 Å². The van der Waals surface area contributed by atoms with E-state index in [1.807, 2.05) is 12.3 Å². The highest BCUT2D eigenvalue weighted by Gasteiger charge is 2.34. The Kier molecular flexibility index (Phi) is 3.38. The van der Waals surface area contributed by atoms with Crippen molar-refractivity contribution < 1.29 is 0 Å². The van der Waals surface area contributed by atoms with Crippen LogP contribution in [0.5, 0.6) is 0 Å². The van der Waals surface area contributed by atoms with Gasteiger partial charge < -0.3 is 5.32 Å². The molecule has 1 heterocycles. The Bertz CT molecular complexity index is 544. The van der Waals surface area contributed by atoms with E-state index in [2.05, 4.69) is 53.0 Å². The molecule has 2 aromatic rings. The van der Waals surface area contributed by atoms with Gasteiger partial charge in [0.15, 0.2) is 0 Å². The van der Waals surface area contributed by atoms with Crippen LogP contribution in [0.3, 0.4) is 0 Å². The number of para-hydroxylation sites is 1. The van der Waals surface area contributed by atoms with Gasteiger partial charge in [-0.3, -0.25) is 4.57 Å². The third kappa shape index (κ3) is 2.56. The van der Waals surface area contributed by atoms with Gasteiger partial charge in [-0.25, -0.2) is 4.98 Å². The molecule has 0 amide bonds. The van der Waals surface area contributed by atoms with Gasteiger partial charge in [-0.15, -0.1) is 0 Å². The fourth-order valence-electron chi connectivity index (χ4n) is 2.73. The minimum atomic E-state index is 0.712. The Balaban J connectivity index is 1.76. The maximum Gasteiger partial charge on any atom is 0.110 e. The van der Waals surface area contributed by atoms with E-state index >= 15 is 0 Å². The van der Waals surface area contributed by atoms with Gasteiger partial charge in [0.05, 0.1) is 11.9 Å². The minimum Gasteiger partial charge on any atom is -0.308 e. The maximum atomic E-state index is 4.45. The van der Waals surface area contributed by atoms with E-state index in [4.69, 9.17) is 0 Å². The van der Waals surface area contributed by atoms with Crippen molar-refractivity contribution in [1.29, 1.82) is 0 Å². The summed E-state index contributed by atoms with van der Waals surface area (Å²) in [6.07, 6.45) is 4.60. The van der Waals surface area contributed by atoms with Crippen molar-refractivity contribution in [1.82, 2.24) is 14.9 Å². The summed E-state index contributed by atoms with van der Waals surface area (Å²) in [6.45, 7) is 5.23. The smallest absolute Gasteiger partial charge is 0.110 e. The molecular weight excluding hydrogens is 234 g/mol. The van der Waals surface area contributed by atoms with Crippen LogP contribution in [-0.2, 0) is 6.54 Å². The van der Waals surface area contributed by atoms with Crippen LogP contribution in [-0.4, -0.2) is 15.6 Å². The van der Waals surface area contributed by atoms with E-state index in [0.717, 1.165) is 18.3 Å². The first-order chi connectivity index (χ1) is 9.29. The zero-order chi connectivity index (χ0) is 13.2. The fraction of sp³-hybridized carbons (Fsp3) is 0.438. The molecule has 2 atom stereocenters. The highest BCUT2D eigenvalue weighted by atomic mass is 15.1. The molecular formula is C16H21N3. The van der Waals surface area contributed by atoms with E-state index in [0.29, 0.717) is 6.04 Å². The molecule has 1 N–H and O–H groups in total. The molecule has 1 fully saturated rings. The molecule has 1 saturated carbocycles. The van der Waals surface area contributed by atoms with Gasteiger partial charge in [0.1, 0.15) is 5.82 Å². The third-order valence-electron chi connectivity index (χ3n) is 4.02. The molecule has 3 nitrogen and oxygen atoms in total. The molecule has 19 heavy (non-hydrogen) atoms. The number of rotatable bonds is 5. The highest BCUT2D eigenvalue weighted by Crippen LogP contribution is 2.33.